The fourth-order valence-corrected chi connectivity index (χ4v) is 2.42. The first kappa shape index (κ1) is 11.1. The molecule has 0 saturated heterocycles. The Morgan fingerprint density at radius 2 is 1.78 bits per heavy atom. The average molecular weight is 236 g/mol. The first-order valence-corrected chi connectivity index (χ1v) is 6.14. The smallest absolute Gasteiger partial charge is 0.0572 e. The van der Waals surface area contributed by atoms with Crippen molar-refractivity contribution in [3.63, 3.8) is 0 Å². The highest BCUT2D eigenvalue weighted by molar-refractivity contribution is 5.86. The zero-order chi connectivity index (χ0) is 12.5. The van der Waals surface area contributed by atoms with Crippen molar-refractivity contribution in [2.24, 2.45) is 5.73 Å². The summed E-state index contributed by atoms with van der Waals surface area (Å²) in [5, 5.41) is 1.25. The van der Waals surface area contributed by atoms with Crippen molar-refractivity contribution >= 4 is 10.9 Å². The lowest BCUT2D eigenvalue weighted by Crippen LogP contribution is -2.12. The molecule has 3 N–H and O–H groups in total. The van der Waals surface area contributed by atoms with Gasteiger partial charge < -0.3 is 10.7 Å². The normalized spacial score (nSPS) is 12.8. The van der Waals surface area contributed by atoms with Gasteiger partial charge in [-0.25, -0.2) is 0 Å². The van der Waals surface area contributed by atoms with Gasteiger partial charge in [0.15, 0.2) is 0 Å². The topological polar surface area (TPSA) is 41.8 Å². The molecule has 0 bridgehead atoms. The Balaban J connectivity index is 2.15. The molecule has 2 aromatic carbocycles. The second-order valence-corrected chi connectivity index (χ2v) is 4.63. The molecule has 2 nitrogen and oxygen atoms in total. The summed E-state index contributed by atoms with van der Waals surface area (Å²) >= 11 is 0. The van der Waals surface area contributed by atoms with Crippen LogP contribution in [-0.4, -0.2) is 4.98 Å². The Morgan fingerprint density at radius 1 is 1.00 bits per heavy atom. The van der Waals surface area contributed by atoms with Crippen LogP contribution in [0.5, 0.6) is 0 Å². The largest absolute Gasteiger partial charge is 0.361 e. The molecule has 1 heterocycles. The van der Waals surface area contributed by atoms with Crippen LogP contribution in [0.3, 0.4) is 0 Å². The molecule has 1 unspecified atom stereocenters. The maximum absolute atomic E-state index is 6.37. The molecule has 2 heteroatoms. The molecule has 1 aromatic heterocycles. The predicted molar refractivity (Wildman–Crippen MR) is 75.5 cm³/mol. The number of nitrogens with two attached hydrogens (primary N) is 1. The first-order valence-electron chi connectivity index (χ1n) is 6.14. The summed E-state index contributed by atoms with van der Waals surface area (Å²) in [6, 6.07) is 16.5. The highest BCUT2D eigenvalue weighted by atomic mass is 14.7. The van der Waals surface area contributed by atoms with E-state index in [0.717, 1.165) is 16.6 Å². The number of nitrogens with one attached hydrogen (secondary N) is 1. The van der Waals surface area contributed by atoms with Gasteiger partial charge in [0.25, 0.3) is 0 Å². The Hall–Kier alpha value is -2.06. The lowest BCUT2D eigenvalue weighted by molar-refractivity contribution is 0.878. The third-order valence-corrected chi connectivity index (χ3v) is 3.47. The van der Waals surface area contributed by atoms with Crippen molar-refractivity contribution in [1.82, 2.24) is 4.98 Å². The van der Waals surface area contributed by atoms with Crippen molar-refractivity contribution in [1.29, 1.82) is 0 Å². The number of aryl methyl sites for hydroxylation is 1. The van der Waals surface area contributed by atoms with Gasteiger partial charge in [-0.05, 0) is 29.7 Å². The van der Waals surface area contributed by atoms with E-state index in [4.69, 9.17) is 5.73 Å². The van der Waals surface area contributed by atoms with Gasteiger partial charge in [-0.3, -0.25) is 0 Å². The van der Waals surface area contributed by atoms with Gasteiger partial charge in [0.2, 0.25) is 0 Å². The first-order chi connectivity index (χ1) is 8.77. The summed E-state index contributed by atoms with van der Waals surface area (Å²) in [7, 11) is 0. The zero-order valence-electron chi connectivity index (χ0n) is 10.4. The van der Waals surface area contributed by atoms with Crippen LogP contribution in [0.4, 0.5) is 0 Å². The molecule has 0 amide bonds. The molecule has 0 radical (unpaired) electrons. The van der Waals surface area contributed by atoms with Crippen molar-refractivity contribution < 1.29 is 0 Å². The Labute approximate surface area is 106 Å². The summed E-state index contributed by atoms with van der Waals surface area (Å²) in [6.45, 7) is 2.12. The van der Waals surface area contributed by atoms with Crippen molar-refractivity contribution in [3.8, 4) is 0 Å². The average Bonchev–Trinajstić information content (AvgIpc) is 2.90. The van der Waals surface area contributed by atoms with Gasteiger partial charge in [-0.1, -0.05) is 42.5 Å². The van der Waals surface area contributed by atoms with Gasteiger partial charge in [-0.2, -0.15) is 0 Å². The predicted octanol–water partition coefficient (Wildman–Crippen LogP) is 3.52. The minimum atomic E-state index is -0.0899. The van der Waals surface area contributed by atoms with E-state index in [-0.39, 0.29) is 6.04 Å². The van der Waals surface area contributed by atoms with E-state index < -0.39 is 0 Å². The van der Waals surface area contributed by atoms with Gasteiger partial charge >= 0.3 is 0 Å². The summed E-state index contributed by atoms with van der Waals surface area (Å²) in [4.78, 5) is 3.30. The minimum absolute atomic E-state index is 0.0899. The van der Waals surface area contributed by atoms with Gasteiger partial charge in [0.05, 0.1) is 11.6 Å². The van der Waals surface area contributed by atoms with Crippen LogP contribution in [0.2, 0.25) is 0 Å². The van der Waals surface area contributed by atoms with Crippen LogP contribution >= 0.6 is 0 Å². The third-order valence-electron chi connectivity index (χ3n) is 3.47. The van der Waals surface area contributed by atoms with Crippen LogP contribution in [0.25, 0.3) is 10.9 Å². The van der Waals surface area contributed by atoms with Crippen LogP contribution < -0.4 is 5.73 Å². The fraction of sp³-hybridized carbons (Fsp3) is 0.125. The van der Waals surface area contributed by atoms with Crippen LogP contribution in [0.15, 0.2) is 54.7 Å². The molecule has 0 saturated carbocycles. The quantitative estimate of drug-likeness (QED) is 0.702. The lowest BCUT2D eigenvalue weighted by atomic mass is 9.96. The number of hydrogen-bond acceptors (Lipinski definition) is 1. The van der Waals surface area contributed by atoms with Gasteiger partial charge in [0.1, 0.15) is 0 Å². The highest BCUT2D eigenvalue weighted by Crippen LogP contribution is 2.28. The Kier molecular flexibility index (Phi) is 2.65. The molecule has 0 aliphatic carbocycles. The molecule has 18 heavy (non-hydrogen) atoms. The third kappa shape index (κ3) is 1.71. The number of H-pyrrole nitrogens is 1. The summed E-state index contributed by atoms with van der Waals surface area (Å²) in [5.74, 6) is 0. The molecular formula is C16H16N2. The van der Waals surface area contributed by atoms with Crippen LogP contribution in [0, 0.1) is 6.92 Å². The second kappa shape index (κ2) is 4.31. The molecule has 1 atom stereocenters. The molecule has 0 aliphatic rings. The van der Waals surface area contributed by atoms with Crippen molar-refractivity contribution in [2.75, 3.05) is 0 Å². The standard InChI is InChI=1S/C16H16N2/c1-11-7-8-14(16-13(11)9-10-18-16)15(17)12-5-3-2-4-6-12/h2-10,15,18H,17H2,1H3. The molecular weight excluding hydrogens is 220 g/mol. The zero-order valence-corrected chi connectivity index (χ0v) is 10.4. The van der Waals surface area contributed by atoms with Gasteiger partial charge in [-0.15, -0.1) is 0 Å². The maximum atomic E-state index is 6.37. The number of aromatic amines is 1. The summed E-state index contributed by atoms with van der Waals surface area (Å²) in [5.41, 5.74) is 11.1. The van der Waals surface area contributed by atoms with E-state index in [1.165, 1.54) is 10.9 Å². The van der Waals surface area contributed by atoms with E-state index in [1.807, 2.05) is 24.4 Å². The number of hydrogen-bond donors (Lipinski definition) is 2. The van der Waals surface area contributed by atoms with Crippen LogP contribution in [0.1, 0.15) is 22.7 Å². The maximum Gasteiger partial charge on any atom is 0.0572 e. The van der Waals surface area contributed by atoms with Crippen molar-refractivity contribution in [3.05, 3.63) is 71.4 Å². The van der Waals surface area contributed by atoms with E-state index in [9.17, 15) is 0 Å². The monoisotopic (exact) mass is 236 g/mol. The van der Waals surface area contributed by atoms with E-state index in [1.54, 1.807) is 0 Å². The number of fused-ring (bicyclic) bond motifs is 1. The van der Waals surface area contributed by atoms with E-state index in [2.05, 4.69) is 42.2 Å². The lowest BCUT2D eigenvalue weighted by Gasteiger charge is -2.14. The second-order valence-electron chi connectivity index (χ2n) is 4.63. The molecule has 3 rings (SSSR count). The van der Waals surface area contributed by atoms with E-state index in [0.29, 0.717) is 0 Å². The number of aromatic nitrogens is 1. The SMILES string of the molecule is Cc1ccc(C(N)c2ccccc2)c2[nH]ccc12. The highest BCUT2D eigenvalue weighted by Gasteiger charge is 2.13. The molecule has 0 fully saturated rings. The summed E-state index contributed by atoms with van der Waals surface area (Å²) < 4.78 is 0. The van der Waals surface area contributed by atoms with E-state index >= 15 is 0 Å². The molecule has 0 aliphatic heterocycles. The number of benzene rings is 2. The van der Waals surface area contributed by atoms with Gasteiger partial charge in [0, 0.05) is 11.6 Å². The number of rotatable bonds is 2. The summed E-state index contributed by atoms with van der Waals surface area (Å²) in [6.07, 6.45) is 1.97. The fourth-order valence-electron chi connectivity index (χ4n) is 2.42. The molecule has 3 aromatic rings. The van der Waals surface area contributed by atoms with Crippen LogP contribution in [-0.2, 0) is 0 Å². The Morgan fingerprint density at radius 3 is 2.56 bits per heavy atom. The molecule has 0 spiro atoms. The minimum Gasteiger partial charge on any atom is -0.361 e. The van der Waals surface area contributed by atoms with Crippen molar-refractivity contribution in [2.45, 2.75) is 13.0 Å². The Bertz CT molecular complexity index is 668. The molecule has 90 valence electrons.